The molecule has 0 amide bonds. The summed E-state index contributed by atoms with van der Waals surface area (Å²) in [5, 5.41) is 7.59. The average Bonchev–Trinajstić information content (AvgIpc) is 2.91. The van der Waals surface area contributed by atoms with Crippen LogP contribution in [0.3, 0.4) is 0 Å². The lowest BCUT2D eigenvalue weighted by Crippen LogP contribution is -2.37. The van der Waals surface area contributed by atoms with Gasteiger partial charge in [-0.15, -0.1) is 0 Å². The van der Waals surface area contributed by atoms with Gasteiger partial charge in [0.05, 0.1) is 0 Å². The summed E-state index contributed by atoms with van der Waals surface area (Å²) in [5.74, 6) is 2.16. The van der Waals surface area contributed by atoms with E-state index in [-0.39, 0.29) is 0 Å². The lowest BCUT2D eigenvalue weighted by Gasteiger charge is -2.31. The molecule has 1 aromatic rings. The zero-order valence-electron chi connectivity index (χ0n) is 11.8. The van der Waals surface area contributed by atoms with E-state index < -0.39 is 0 Å². The summed E-state index contributed by atoms with van der Waals surface area (Å²) in [6.07, 6.45) is 7.18. The second-order valence-corrected chi connectivity index (χ2v) is 5.92. The quantitative estimate of drug-likeness (QED) is 0.898. The number of hydrogen-bond donors (Lipinski definition) is 1. The molecule has 19 heavy (non-hydrogen) atoms. The molecule has 2 fully saturated rings. The van der Waals surface area contributed by atoms with Crippen molar-refractivity contribution in [3.8, 4) is 0 Å². The van der Waals surface area contributed by atoms with Crippen molar-refractivity contribution < 1.29 is 4.52 Å². The summed E-state index contributed by atoms with van der Waals surface area (Å²) in [4.78, 5) is 7.04. The molecule has 0 aromatic carbocycles. The Morgan fingerprint density at radius 2 is 2.26 bits per heavy atom. The fraction of sp³-hybridized carbons (Fsp3) is 0.857. The Hall–Kier alpha value is -0.940. The monoisotopic (exact) mass is 264 g/mol. The molecule has 0 aliphatic carbocycles. The molecule has 5 heteroatoms. The molecule has 2 aliphatic rings. The second-order valence-electron chi connectivity index (χ2n) is 5.92. The van der Waals surface area contributed by atoms with Gasteiger partial charge in [-0.05, 0) is 45.8 Å². The summed E-state index contributed by atoms with van der Waals surface area (Å²) in [6.45, 7) is 3.30. The van der Waals surface area contributed by atoms with Crippen LogP contribution in [0.1, 0.15) is 49.7 Å². The molecule has 0 saturated carbocycles. The van der Waals surface area contributed by atoms with E-state index in [9.17, 15) is 0 Å². The molecule has 1 N–H and O–H groups in total. The normalized spacial score (nSPS) is 29.5. The number of piperidine rings is 2. The lowest BCUT2D eigenvalue weighted by atomic mass is 9.99. The number of rotatable bonds is 3. The van der Waals surface area contributed by atoms with E-state index in [2.05, 4.69) is 27.4 Å². The Balaban J connectivity index is 1.60. The third-order valence-electron chi connectivity index (χ3n) is 4.48. The molecular weight excluding hydrogens is 240 g/mol. The van der Waals surface area contributed by atoms with Gasteiger partial charge in [0.2, 0.25) is 5.89 Å². The fourth-order valence-corrected chi connectivity index (χ4v) is 3.19. The molecule has 2 atom stereocenters. The molecule has 0 spiro atoms. The zero-order valence-corrected chi connectivity index (χ0v) is 11.8. The highest BCUT2D eigenvalue weighted by atomic mass is 16.5. The van der Waals surface area contributed by atoms with Crippen molar-refractivity contribution in [1.29, 1.82) is 0 Å². The molecule has 1 aromatic heterocycles. The smallest absolute Gasteiger partial charge is 0.228 e. The molecule has 0 bridgehead atoms. The molecule has 0 radical (unpaired) electrons. The highest BCUT2D eigenvalue weighted by Crippen LogP contribution is 2.22. The van der Waals surface area contributed by atoms with Crippen LogP contribution in [0.15, 0.2) is 4.52 Å². The minimum Gasteiger partial charge on any atom is -0.339 e. The van der Waals surface area contributed by atoms with E-state index in [0.717, 1.165) is 31.2 Å². The van der Waals surface area contributed by atoms with Crippen LogP contribution >= 0.6 is 0 Å². The largest absolute Gasteiger partial charge is 0.339 e. The van der Waals surface area contributed by atoms with Crippen LogP contribution in [-0.4, -0.2) is 47.8 Å². The van der Waals surface area contributed by atoms with Crippen LogP contribution in [0.4, 0.5) is 0 Å². The van der Waals surface area contributed by atoms with Gasteiger partial charge in [0, 0.05) is 24.9 Å². The molecule has 5 nitrogen and oxygen atoms in total. The van der Waals surface area contributed by atoms with Crippen LogP contribution in [0, 0.1) is 0 Å². The number of aromatic nitrogens is 2. The van der Waals surface area contributed by atoms with Gasteiger partial charge in [-0.2, -0.15) is 4.98 Å². The SMILES string of the molecule is CN1CCCCC1Cc1nc(C2CCCNC2)no1. The maximum Gasteiger partial charge on any atom is 0.228 e. The maximum absolute atomic E-state index is 5.45. The van der Waals surface area contributed by atoms with Crippen LogP contribution in [0.25, 0.3) is 0 Å². The molecule has 3 rings (SSSR count). The van der Waals surface area contributed by atoms with E-state index in [4.69, 9.17) is 4.52 Å². The standard InChI is InChI=1S/C14H24N4O/c1-18-8-3-2-6-12(18)9-13-16-14(17-19-13)11-5-4-7-15-10-11/h11-12,15H,2-10H2,1H3. The van der Waals surface area contributed by atoms with Crippen molar-refractivity contribution >= 4 is 0 Å². The van der Waals surface area contributed by atoms with Gasteiger partial charge in [-0.3, -0.25) is 0 Å². The first kappa shape index (κ1) is 13.1. The third-order valence-corrected chi connectivity index (χ3v) is 4.48. The summed E-state index contributed by atoms with van der Waals surface area (Å²) in [6, 6.07) is 0.575. The maximum atomic E-state index is 5.45. The van der Waals surface area contributed by atoms with E-state index in [0.29, 0.717) is 12.0 Å². The highest BCUT2D eigenvalue weighted by molar-refractivity contribution is 4.99. The molecule has 3 heterocycles. The lowest BCUT2D eigenvalue weighted by molar-refractivity contribution is 0.173. The average molecular weight is 264 g/mol. The minimum absolute atomic E-state index is 0.440. The summed E-state index contributed by atoms with van der Waals surface area (Å²) in [5.41, 5.74) is 0. The Morgan fingerprint density at radius 1 is 1.32 bits per heavy atom. The number of nitrogens with zero attached hydrogens (tertiary/aromatic N) is 3. The van der Waals surface area contributed by atoms with E-state index in [1.165, 1.54) is 38.6 Å². The predicted octanol–water partition coefficient (Wildman–Crippen LogP) is 1.56. The Bertz CT molecular complexity index is 400. The van der Waals surface area contributed by atoms with E-state index >= 15 is 0 Å². The van der Waals surface area contributed by atoms with Crippen LogP contribution in [0.5, 0.6) is 0 Å². The van der Waals surface area contributed by atoms with Crippen molar-refractivity contribution in [2.75, 3.05) is 26.7 Å². The Morgan fingerprint density at radius 3 is 3.05 bits per heavy atom. The van der Waals surface area contributed by atoms with E-state index in [1.807, 2.05) is 0 Å². The first-order chi connectivity index (χ1) is 9.33. The zero-order chi connectivity index (χ0) is 13.1. The summed E-state index contributed by atoms with van der Waals surface area (Å²) < 4.78 is 5.45. The van der Waals surface area contributed by atoms with Gasteiger partial charge in [-0.1, -0.05) is 11.6 Å². The topological polar surface area (TPSA) is 54.2 Å². The molecule has 106 valence electrons. The summed E-state index contributed by atoms with van der Waals surface area (Å²) in [7, 11) is 2.20. The van der Waals surface area contributed by atoms with Crippen LogP contribution in [0.2, 0.25) is 0 Å². The Labute approximate surface area is 114 Å². The van der Waals surface area contributed by atoms with Crippen molar-refractivity contribution in [2.24, 2.45) is 0 Å². The number of likely N-dealkylation sites (tertiary alicyclic amines) is 1. The van der Waals surface area contributed by atoms with Gasteiger partial charge >= 0.3 is 0 Å². The summed E-state index contributed by atoms with van der Waals surface area (Å²) >= 11 is 0. The highest BCUT2D eigenvalue weighted by Gasteiger charge is 2.24. The van der Waals surface area contributed by atoms with Gasteiger partial charge in [-0.25, -0.2) is 0 Å². The molecular formula is C14H24N4O. The van der Waals surface area contributed by atoms with Crippen molar-refractivity contribution in [3.05, 3.63) is 11.7 Å². The number of nitrogens with one attached hydrogen (secondary N) is 1. The second kappa shape index (κ2) is 6.01. The van der Waals surface area contributed by atoms with Crippen molar-refractivity contribution in [1.82, 2.24) is 20.4 Å². The first-order valence-corrected chi connectivity index (χ1v) is 7.56. The number of likely N-dealkylation sites (N-methyl/N-ethyl adjacent to an activating group) is 1. The van der Waals surface area contributed by atoms with Crippen molar-refractivity contribution in [3.63, 3.8) is 0 Å². The molecule has 2 aliphatic heterocycles. The van der Waals surface area contributed by atoms with Gasteiger partial charge < -0.3 is 14.7 Å². The van der Waals surface area contributed by atoms with Crippen molar-refractivity contribution in [2.45, 2.75) is 50.5 Å². The fourth-order valence-electron chi connectivity index (χ4n) is 3.19. The van der Waals surface area contributed by atoms with E-state index in [1.54, 1.807) is 0 Å². The van der Waals surface area contributed by atoms with Gasteiger partial charge in [0.15, 0.2) is 5.82 Å². The minimum atomic E-state index is 0.440. The predicted molar refractivity (Wildman–Crippen MR) is 73.1 cm³/mol. The Kier molecular flexibility index (Phi) is 4.13. The first-order valence-electron chi connectivity index (χ1n) is 7.56. The molecule has 2 saturated heterocycles. The van der Waals surface area contributed by atoms with Crippen LogP contribution in [-0.2, 0) is 6.42 Å². The van der Waals surface area contributed by atoms with Gasteiger partial charge in [0.1, 0.15) is 0 Å². The molecule has 2 unspecified atom stereocenters. The van der Waals surface area contributed by atoms with Gasteiger partial charge in [0.25, 0.3) is 0 Å². The number of hydrogen-bond acceptors (Lipinski definition) is 5. The third kappa shape index (κ3) is 3.15. The van der Waals surface area contributed by atoms with Crippen LogP contribution < -0.4 is 5.32 Å².